The van der Waals surface area contributed by atoms with E-state index in [1.54, 1.807) is 18.6 Å². The number of piperidine rings is 1. The van der Waals surface area contributed by atoms with Crippen molar-refractivity contribution >= 4 is 32.8 Å². The molecular formula is C22H31N9O2S. The fourth-order valence-electron chi connectivity index (χ4n) is 4.69. The maximum Gasteiger partial charge on any atom is 0.227 e. The van der Waals surface area contributed by atoms with Gasteiger partial charge in [-0.1, -0.05) is 6.92 Å². The van der Waals surface area contributed by atoms with E-state index in [4.69, 9.17) is 9.97 Å². The lowest BCUT2D eigenvalue weighted by Crippen LogP contribution is -2.58. The molecule has 3 aromatic rings. The molecule has 0 aromatic carbocycles. The van der Waals surface area contributed by atoms with Gasteiger partial charge in [0, 0.05) is 51.4 Å². The molecule has 12 heteroatoms. The molecular weight excluding hydrogens is 454 g/mol. The van der Waals surface area contributed by atoms with Crippen LogP contribution in [0.25, 0.3) is 22.4 Å². The topological polar surface area (TPSA) is 132 Å². The predicted octanol–water partition coefficient (Wildman–Crippen LogP) is 0.949. The number of nitrogens with one attached hydrogen (secondary N) is 3. The summed E-state index contributed by atoms with van der Waals surface area (Å²) >= 11 is 0. The third-order valence-electron chi connectivity index (χ3n) is 6.74. The summed E-state index contributed by atoms with van der Waals surface area (Å²) in [5, 5.41) is 6.63. The van der Waals surface area contributed by atoms with Crippen LogP contribution in [0.3, 0.4) is 0 Å². The molecule has 2 fully saturated rings. The zero-order valence-corrected chi connectivity index (χ0v) is 20.6. The van der Waals surface area contributed by atoms with Crippen molar-refractivity contribution in [2.45, 2.75) is 18.2 Å². The first kappa shape index (κ1) is 22.9. The number of fused-ring (bicyclic) bond motifs is 1. The molecule has 0 amide bonds. The molecule has 5 heterocycles. The number of likely N-dealkylation sites (N-methyl/N-ethyl adjacent to an activating group) is 1. The summed E-state index contributed by atoms with van der Waals surface area (Å²) in [6.07, 6.45) is 6.94. The minimum absolute atomic E-state index is 0.189. The normalized spacial score (nSPS) is 24.4. The summed E-state index contributed by atoms with van der Waals surface area (Å²) in [6, 6.07) is 1.85. The highest BCUT2D eigenvalue weighted by Gasteiger charge is 2.45. The Kier molecular flexibility index (Phi) is 5.90. The number of nitrogens with zero attached hydrogens (tertiary/aromatic N) is 6. The molecule has 2 aliphatic heterocycles. The van der Waals surface area contributed by atoms with Gasteiger partial charge < -0.3 is 25.4 Å². The van der Waals surface area contributed by atoms with Crippen molar-refractivity contribution in [3.05, 3.63) is 24.7 Å². The Bertz CT molecular complexity index is 1290. The van der Waals surface area contributed by atoms with Crippen LogP contribution < -0.4 is 15.5 Å². The van der Waals surface area contributed by atoms with Gasteiger partial charge in [0.15, 0.2) is 20.4 Å². The van der Waals surface area contributed by atoms with Gasteiger partial charge >= 0.3 is 0 Å². The first-order valence-electron chi connectivity index (χ1n) is 11.5. The smallest absolute Gasteiger partial charge is 0.227 e. The lowest BCUT2D eigenvalue weighted by molar-refractivity contribution is 0.311. The SMILES string of the molecule is C[C@@H]1CNC[C@@](Nc2nc(N3CCN(C)CC3)ncc2-c2cnc3[nH]ccc3n2)(S(C)(=O)=O)C1. The Balaban J connectivity index is 1.60. The van der Waals surface area contributed by atoms with Crippen LogP contribution in [0.5, 0.6) is 0 Å². The van der Waals surface area contributed by atoms with Crippen molar-refractivity contribution in [3.63, 3.8) is 0 Å². The third kappa shape index (κ3) is 4.32. The largest absolute Gasteiger partial charge is 0.350 e. The van der Waals surface area contributed by atoms with Crippen molar-refractivity contribution in [1.82, 2.24) is 35.1 Å². The zero-order valence-electron chi connectivity index (χ0n) is 19.7. The summed E-state index contributed by atoms with van der Waals surface area (Å²) in [5.74, 6) is 1.22. The molecule has 0 saturated carbocycles. The molecule has 2 atom stereocenters. The van der Waals surface area contributed by atoms with E-state index in [1.165, 1.54) is 6.26 Å². The molecule has 5 rings (SSSR count). The van der Waals surface area contributed by atoms with Gasteiger partial charge in [-0.05, 0) is 32.0 Å². The number of aromatic nitrogens is 5. The Morgan fingerprint density at radius 1 is 1.15 bits per heavy atom. The molecule has 2 saturated heterocycles. The van der Waals surface area contributed by atoms with Crippen LogP contribution in [-0.4, -0.2) is 95.7 Å². The van der Waals surface area contributed by atoms with Crippen molar-refractivity contribution in [2.75, 3.05) is 62.8 Å². The summed E-state index contributed by atoms with van der Waals surface area (Å²) in [5.41, 5.74) is 2.61. The number of aromatic amines is 1. The van der Waals surface area contributed by atoms with Gasteiger partial charge in [-0.2, -0.15) is 4.98 Å². The van der Waals surface area contributed by atoms with Crippen LogP contribution in [0.1, 0.15) is 13.3 Å². The van der Waals surface area contributed by atoms with E-state index < -0.39 is 14.7 Å². The van der Waals surface area contributed by atoms with Crippen molar-refractivity contribution in [2.24, 2.45) is 5.92 Å². The minimum atomic E-state index is -3.48. The van der Waals surface area contributed by atoms with Crippen molar-refractivity contribution < 1.29 is 8.42 Å². The molecule has 3 aromatic heterocycles. The van der Waals surface area contributed by atoms with Crippen molar-refractivity contribution in [3.8, 4) is 11.3 Å². The Morgan fingerprint density at radius 2 is 1.94 bits per heavy atom. The maximum absolute atomic E-state index is 13.1. The number of H-pyrrole nitrogens is 1. The van der Waals surface area contributed by atoms with Gasteiger partial charge in [-0.15, -0.1) is 0 Å². The van der Waals surface area contributed by atoms with Crippen LogP contribution >= 0.6 is 0 Å². The van der Waals surface area contributed by atoms with Gasteiger partial charge in [0.05, 0.1) is 17.5 Å². The number of sulfone groups is 1. The van der Waals surface area contributed by atoms with Gasteiger partial charge in [-0.3, -0.25) is 0 Å². The maximum atomic E-state index is 13.1. The van der Waals surface area contributed by atoms with E-state index >= 15 is 0 Å². The molecule has 11 nitrogen and oxygen atoms in total. The average molecular weight is 486 g/mol. The molecule has 0 spiro atoms. The van der Waals surface area contributed by atoms with E-state index in [0.717, 1.165) is 38.2 Å². The van der Waals surface area contributed by atoms with Crippen LogP contribution in [0.15, 0.2) is 24.7 Å². The summed E-state index contributed by atoms with van der Waals surface area (Å²) in [7, 11) is -1.39. The van der Waals surface area contributed by atoms with Gasteiger partial charge in [0.1, 0.15) is 11.3 Å². The number of hydrogen-bond acceptors (Lipinski definition) is 10. The lowest BCUT2D eigenvalue weighted by Gasteiger charge is -2.40. The second-order valence-corrected chi connectivity index (χ2v) is 11.8. The Labute approximate surface area is 199 Å². The van der Waals surface area contributed by atoms with Crippen LogP contribution in [0, 0.1) is 5.92 Å². The number of rotatable bonds is 5. The van der Waals surface area contributed by atoms with Gasteiger partial charge in [0.25, 0.3) is 0 Å². The fraction of sp³-hybridized carbons (Fsp3) is 0.545. The van der Waals surface area contributed by atoms with E-state index in [-0.39, 0.29) is 5.92 Å². The highest BCUT2D eigenvalue weighted by Crippen LogP contribution is 2.34. The second-order valence-electron chi connectivity index (χ2n) is 9.52. The van der Waals surface area contributed by atoms with Crippen molar-refractivity contribution in [1.29, 1.82) is 0 Å². The summed E-state index contributed by atoms with van der Waals surface area (Å²) < 4.78 is 26.1. The number of hydrogen-bond donors (Lipinski definition) is 3. The lowest BCUT2D eigenvalue weighted by atomic mass is 9.96. The van der Waals surface area contributed by atoms with E-state index in [1.807, 2.05) is 6.07 Å². The molecule has 0 unspecified atom stereocenters. The number of piperazine rings is 1. The monoisotopic (exact) mass is 485 g/mol. The van der Waals surface area contributed by atoms with Crippen LogP contribution in [-0.2, 0) is 9.84 Å². The minimum Gasteiger partial charge on any atom is -0.350 e. The Hall–Kier alpha value is -2.83. The molecule has 0 aliphatic carbocycles. The fourth-order valence-corrected chi connectivity index (χ4v) is 5.92. The molecule has 3 N–H and O–H groups in total. The molecule has 182 valence electrons. The van der Waals surface area contributed by atoms with E-state index in [2.05, 4.69) is 49.4 Å². The molecule has 34 heavy (non-hydrogen) atoms. The predicted molar refractivity (Wildman–Crippen MR) is 132 cm³/mol. The highest BCUT2D eigenvalue weighted by molar-refractivity contribution is 7.92. The summed E-state index contributed by atoms with van der Waals surface area (Å²) in [4.78, 5) is 24.9. The first-order valence-corrected chi connectivity index (χ1v) is 13.4. The highest BCUT2D eigenvalue weighted by atomic mass is 32.2. The van der Waals surface area contributed by atoms with Gasteiger partial charge in [0.2, 0.25) is 5.95 Å². The Morgan fingerprint density at radius 3 is 2.68 bits per heavy atom. The van der Waals surface area contributed by atoms with Crippen LogP contribution in [0.4, 0.5) is 11.8 Å². The second kappa shape index (κ2) is 8.75. The average Bonchev–Trinajstić information content (AvgIpc) is 3.27. The number of anilines is 2. The third-order valence-corrected chi connectivity index (χ3v) is 8.57. The zero-order chi connectivity index (χ0) is 23.9. The van der Waals surface area contributed by atoms with E-state index in [9.17, 15) is 8.42 Å². The van der Waals surface area contributed by atoms with Gasteiger partial charge in [-0.25, -0.2) is 23.4 Å². The molecule has 0 bridgehead atoms. The first-order chi connectivity index (χ1) is 16.2. The van der Waals surface area contributed by atoms with Crippen LogP contribution in [0.2, 0.25) is 0 Å². The summed E-state index contributed by atoms with van der Waals surface area (Å²) in [6.45, 7) is 6.57. The molecule has 2 aliphatic rings. The molecule has 0 radical (unpaired) electrons. The standard InChI is InChI=1S/C22H31N9O2S/c1-15-10-22(14-23-11-15,34(3,32)33)29-19-16(18-13-25-20-17(27-18)4-5-24-20)12-26-21(28-19)31-8-6-30(2)7-9-31/h4-5,12-13,15,23H,6-11,14H2,1-3H3,(H,24,25)(H,26,28,29)/t15-,22-/m0/s1. The van der Waals surface area contributed by atoms with E-state index in [0.29, 0.717) is 41.6 Å². The quantitative estimate of drug-likeness (QED) is 0.480.